The van der Waals surface area contributed by atoms with Gasteiger partial charge < -0.3 is 0 Å². The molecular weight excluding hydrogens is 290 g/mol. The van der Waals surface area contributed by atoms with Crippen molar-refractivity contribution in [2.75, 3.05) is 16.8 Å². The van der Waals surface area contributed by atoms with Crippen LogP contribution in [0.2, 0.25) is 5.28 Å². The lowest BCUT2D eigenvalue weighted by Crippen LogP contribution is -2.39. The highest BCUT2D eigenvalue weighted by Crippen LogP contribution is 2.34. The second-order valence-electron chi connectivity index (χ2n) is 4.01. The zero-order valence-corrected chi connectivity index (χ0v) is 11.4. The molecule has 0 aliphatic carbocycles. The summed E-state index contributed by atoms with van der Waals surface area (Å²) in [6.07, 6.45) is 2.27. The highest BCUT2D eigenvalue weighted by Gasteiger charge is 2.40. The van der Waals surface area contributed by atoms with Gasteiger partial charge in [0.05, 0.1) is 17.8 Å². The first-order valence-electron chi connectivity index (χ1n) is 5.48. The maximum atomic E-state index is 10.9. The molecule has 2 rings (SSSR count). The van der Waals surface area contributed by atoms with E-state index in [0.29, 0.717) is 12.8 Å². The van der Waals surface area contributed by atoms with Gasteiger partial charge in [0.15, 0.2) is 0 Å². The van der Waals surface area contributed by atoms with Crippen molar-refractivity contribution in [2.24, 2.45) is 0 Å². The van der Waals surface area contributed by atoms with E-state index in [1.54, 1.807) is 11.8 Å². The van der Waals surface area contributed by atoms with Crippen molar-refractivity contribution in [3.05, 3.63) is 33.0 Å². The topological polar surface area (TPSA) is 85.3 Å². The zero-order valence-electron chi connectivity index (χ0n) is 9.80. The standard InChI is InChI=1S/C10H10ClN5O2S/c1-12-10(2-4-19-5-3-10)15-8-7(16(17)18)6-13-9(11)14-8/h6H,2-5H2,(H,13,14,15). The third kappa shape index (κ3) is 3.05. The predicted molar refractivity (Wildman–Crippen MR) is 73.2 cm³/mol. The molecule has 0 saturated carbocycles. The van der Waals surface area contributed by atoms with Crippen molar-refractivity contribution in [3.8, 4) is 0 Å². The first-order valence-corrected chi connectivity index (χ1v) is 7.01. The molecule has 9 heteroatoms. The van der Waals surface area contributed by atoms with Gasteiger partial charge in [0.2, 0.25) is 11.1 Å². The molecule has 1 aromatic heterocycles. The Morgan fingerprint density at radius 3 is 2.84 bits per heavy atom. The molecule has 0 spiro atoms. The van der Waals surface area contributed by atoms with Gasteiger partial charge in [-0.3, -0.25) is 20.3 Å². The Hall–Kier alpha value is -1.59. The number of nitrogens with zero attached hydrogens (tertiary/aromatic N) is 4. The first kappa shape index (κ1) is 13.8. The van der Waals surface area contributed by atoms with Crippen LogP contribution in [0.15, 0.2) is 6.20 Å². The van der Waals surface area contributed by atoms with Crippen LogP contribution in [0.3, 0.4) is 0 Å². The van der Waals surface area contributed by atoms with Crippen molar-refractivity contribution in [1.82, 2.24) is 9.97 Å². The molecule has 0 bridgehead atoms. The Morgan fingerprint density at radius 1 is 1.58 bits per heavy atom. The Balaban J connectivity index is 2.34. The SMILES string of the molecule is [C-]#[N+]C1(Nc2nc(Cl)ncc2[N+](=O)[O-])CCSCC1. The summed E-state index contributed by atoms with van der Waals surface area (Å²) in [4.78, 5) is 21.4. The lowest BCUT2D eigenvalue weighted by molar-refractivity contribution is -0.384. The zero-order chi connectivity index (χ0) is 13.9. The number of hydrogen-bond donors (Lipinski definition) is 1. The summed E-state index contributed by atoms with van der Waals surface area (Å²) in [5.74, 6) is 1.68. The van der Waals surface area contributed by atoms with Crippen molar-refractivity contribution >= 4 is 34.9 Å². The predicted octanol–water partition coefficient (Wildman–Crippen LogP) is 2.59. The first-order chi connectivity index (χ1) is 9.06. The van der Waals surface area contributed by atoms with Crippen molar-refractivity contribution in [1.29, 1.82) is 0 Å². The summed E-state index contributed by atoms with van der Waals surface area (Å²) in [5, 5.41) is 13.7. The Morgan fingerprint density at radius 2 is 2.26 bits per heavy atom. The van der Waals surface area contributed by atoms with Gasteiger partial charge in [0.25, 0.3) is 0 Å². The van der Waals surface area contributed by atoms with Gasteiger partial charge in [-0.15, -0.1) is 0 Å². The maximum Gasteiger partial charge on any atom is 0.329 e. The van der Waals surface area contributed by atoms with Gasteiger partial charge in [-0.05, 0) is 11.6 Å². The van der Waals surface area contributed by atoms with E-state index in [1.807, 2.05) is 0 Å². The molecule has 100 valence electrons. The van der Waals surface area contributed by atoms with Gasteiger partial charge in [-0.1, -0.05) is 0 Å². The van der Waals surface area contributed by atoms with Crippen LogP contribution in [-0.4, -0.2) is 32.1 Å². The van der Waals surface area contributed by atoms with E-state index in [4.69, 9.17) is 18.2 Å². The smallest absolute Gasteiger partial charge is 0.293 e. The summed E-state index contributed by atoms with van der Waals surface area (Å²) < 4.78 is 0. The molecular formula is C10H10ClN5O2S. The summed E-state index contributed by atoms with van der Waals surface area (Å²) >= 11 is 7.42. The molecule has 1 saturated heterocycles. The Labute approximate surface area is 118 Å². The molecule has 0 unspecified atom stereocenters. The third-order valence-corrected chi connectivity index (χ3v) is 3.99. The second kappa shape index (κ2) is 5.59. The van der Waals surface area contributed by atoms with Crippen LogP contribution in [0.25, 0.3) is 4.85 Å². The van der Waals surface area contributed by atoms with E-state index in [0.717, 1.165) is 17.7 Å². The number of nitrogens with one attached hydrogen (secondary N) is 1. The van der Waals surface area contributed by atoms with Gasteiger partial charge in [-0.25, -0.2) is 11.6 Å². The fraction of sp³-hybridized carbons (Fsp3) is 0.500. The van der Waals surface area contributed by atoms with Gasteiger partial charge >= 0.3 is 11.4 Å². The summed E-state index contributed by atoms with van der Waals surface area (Å²) in [6.45, 7) is 7.33. The van der Waals surface area contributed by atoms with Gasteiger partial charge in [-0.2, -0.15) is 16.7 Å². The molecule has 0 aromatic carbocycles. The normalized spacial score (nSPS) is 17.5. The lowest BCUT2D eigenvalue weighted by atomic mass is 10.0. The molecule has 1 fully saturated rings. The van der Waals surface area contributed by atoms with E-state index in [1.165, 1.54) is 0 Å². The van der Waals surface area contributed by atoms with Gasteiger partial charge in [0, 0.05) is 11.5 Å². The minimum Gasteiger partial charge on any atom is -0.293 e. The molecule has 19 heavy (non-hydrogen) atoms. The van der Waals surface area contributed by atoms with Crippen LogP contribution in [0, 0.1) is 16.7 Å². The van der Waals surface area contributed by atoms with E-state index in [2.05, 4.69) is 20.1 Å². The highest BCUT2D eigenvalue weighted by atomic mass is 35.5. The summed E-state index contributed by atoms with van der Waals surface area (Å²) in [5.41, 5.74) is -1.11. The molecule has 1 aliphatic rings. The van der Waals surface area contributed by atoms with Crippen molar-refractivity contribution in [2.45, 2.75) is 18.5 Å². The monoisotopic (exact) mass is 299 g/mol. The number of thioether (sulfide) groups is 1. The molecule has 0 radical (unpaired) electrons. The van der Waals surface area contributed by atoms with Crippen LogP contribution in [0.1, 0.15) is 12.8 Å². The molecule has 0 amide bonds. The van der Waals surface area contributed by atoms with E-state index in [-0.39, 0.29) is 16.8 Å². The second-order valence-corrected chi connectivity index (χ2v) is 5.57. The fourth-order valence-electron chi connectivity index (χ4n) is 1.77. The quantitative estimate of drug-likeness (QED) is 0.399. The third-order valence-electron chi connectivity index (χ3n) is 2.82. The number of anilines is 1. The van der Waals surface area contributed by atoms with Crippen LogP contribution in [-0.2, 0) is 0 Å². The molecule has 2 heterocycles. The van der Waals surface area contributed by atoms with Crippen LogP contribution < -0.4 is 5.32 Å². The summed E-state index contributed by atoms with van der Waals surface area (Å²) in [6, 6.07) is 0. The van der Waals surface area contributed by atoms with E-state index in [9.17, 15) is 10.1 Å². The van der Waals surface area contributed by atoms with Gasteiger partial charge in [0.1, 0.15) is 6.20 Å². The summed E-state index contributed by atoms with van der Waals surface area (Å²) in [7, 11) is 0. The molecule has 1 aliphatic heterocycles. The minimum atomic E-state index is -0.840. The number of hydrogen-bond acceptors (Lipinski definition) is 6. The largest absolute Gasteiger partial charge is 0.329 e. The lowest BCUT2D eigenvalue weighted by Gasteiger charge is -2.26. The number of rotatable bonds is 3. The van der Waals surface area contributed by atoms with E-state index < -0.39 is 10.6 Å². The number of aromatic nitrogens is 2. The molecule has 1 N–H and O–H groups in total. The van der Waals surface area contributed by atoms with Crippen molar-refractivity contribution in [3.63, 3.8) is 0 Å². The highest BCUT2D eigenvalue weighted by molar-refractivity contribution is 7.99. The van der Waals surface area contributed by atoms with Crippen LogP contribution in [0.4, 0.5) is 11.5 Å². The maximum absolute atomic E-state index is 10.9. The average Bonchev–Trinajstić information content (AvgIpc) is 2.39. The molecule has 1 aromatic rings. The Bertz CT molecular complexity index is 541. The molecule has 7 nitrogen and oxygen atoms in total. The number of halogens is 1. The minimum absolute atomic E-state index is 0.00731. The molecule has 0 atom stereocenters. The number of nitro groups is 1. The Kier molecular flexibility index (Phi) is 4.07. The van der Waals surface area contributed by atoms with Crippen molar-refractivity contribution < 1.29 is 4.92 Å². The van der Waals surface area contributed by atoms with Crippen LogP contribution in [0.5, 0.6) is 0 Å². The average molecular weight is 300 g/mol. The van der Waals surface area contributed by atoms with E-state index >= 15 is 0 Å². The van der Waals surface area contributed by atoms with Crippen LogP contribution >= 0.6 is 23.4 Å². The fourth-order valence-corrected chi connectivity index (χ4v) is 3.08.